The third-order valence-electron chi connectivity index (χ3n) is 3.17. The first-order chi connectivity index (χ1) is 9.35. The van der Waals surface area contributed by atoms with Crippen molar-refractivity contribution in [3.63, 3.8) is 0 Å². The number of anilines is 2. The van der Waals surface area contributed by atoms with Gasteiger partial charge in [-0.25, -0.2) is 8.42 Å². The lowest BCUT2D eigenvalue weighted by Gasteiger charge is -2.23. The van der Waals surface area contributed by atoms with Crippen LogP contribution in [0.4, 0.5) is 10.8 Å². The number of nitrogens with two attached hydrogens (primary N) is 1. The quantitative estimate of drug-likeness (QED) is 0.757. The highest BCUT2D eigenvalue weighted by molar-refractivity contribution is 7.91. The molecule has 1 heterocycles. The first kappa shape index (κ1) is 17.2. The maximum Gasteiger partial charge on any atom is 0.184 e. The van der Waals surface area contributed by atoms with Crippen LogP contribution in [0.15, 0.2) is 4.90 Å². The van der Waals surface area contributed by atoms with Crippen molar-refractivity contribution in [2.45, 2.75) is 38.6 Å². The average molecular weight is 320 g/mol. The Morgan fingerprint density at radius 2 is 1.95 bits per heavy atom. The van der Waals surface area contributed by atoms with Gasteiger partial charge in [0.15, 0.2) is 15.7 Å². The summed E-state index contributed by atoms with van der Waals surface area (Å²) in [4.78, 5) is 2.42. The predicted octanol–water partition coefficient (Wildman–Crippen LogP) is 1.66. The van der Waals surface area contributed by atoms with Crippen molar-refractivity contribution in [2.75, 3.05) is 36.4 Å². The monoisotopic (exact) mass is 320 g/mol. The maximum atomic E-state index is 12.1. The number of sulfone groups is 1. The molecule has 116 valence electrons. The SMILES string of the molecule is CCN(CC)CC(C)Nc1snc(N)c1S(=O)(=O)CC. The van der Waals surface area contributed by atoms with Gasteiger partial charge in [-0.2, -0.15) is 4.37 Å². The second-order valence-electron chi connectivity index (χ2n) is 4.66. The van der Waals surface area contributed by atoms with Crippen LogP contribution >= 0.6 is 11.5 Å². The van der Waals surface area contributed by atoms with Crippen LogP contribution in [0.2, 0.25) is 0 Å². The number of nitrogens with zero attached hydrogens (tertiary/aromatic N) is 2. The second kappa shape index (κ2) is 7.24. The predicted molar refractivity (Wildman–Crippen MR) is 85.1 cm³/mol. The molecule has 1 atom stereocenters. The minimum Gasteiger partial charge on any atom is -0.382 e. The fraction of sp³-hybridized carbons (Fsp3) is 0.750. The normalized spacial score (nSPS) is 13.7. The molecule has 0 aromatic carbocycles. The summed E-state index contributed by atoms with van der Waals surface area (Å²) in [7, 11) is -3.35. The number of rotatable bonds is 8. The Labute approximate surface area is 125 Å². The van der Waals surface area contributed by atoms with Crippen molar-refractivity contribution >= 4 is 32.2 Å². The minimum atomic E-state index is -3.35. The van der Waals surface area contributed by atoms with E-state index >= 15 is 0 Å². The van der Waals surface area contributed by atoms with Crippen LogP contribution in [0.3, 0.4) is 0 Å². The summed E-state index contributed by atoms with van der Waals surface area (Å²) in [5, 5.41) is 3.77. The Kier molecular flexibility index (Phi) is 6.22. The van der Waals surface area contributed by atoms with Gasteiger partial charge < -0.3 is 16.0 Å². The van der Waals surface area contributed by atoms with Crippen LogP contribution in [0.5, 0.6) is 0 Å². The Bertz CT molecular complexity index is 524. The Balaban J connectivity index is 2.89. The highest BCUT2D eigenvalue weighted by atomic mass is 32.2. The van der Waals surface area contributed by atoms with Crippen molar-refractivity contribution in [1.82, 2.24) is 9.27 Å². The Hall–Kier alpha value is -0.860. The molecule has 0 saturated heterocycles. The number of hydrogen-bond acceptors (Lipinski definition) is 7. The zero-order valence-corrected chi connectivity index (χ0v) is 14.1. The summed E-state index contributed by atoms with van der Waals surface area (Å²) >= 11 is 1.11. The molecule has 3 N–H and O–H groups in total. The van der Waals surface area contributed by atoms with Crippen molar-refractivity contribution in [3.8, 4) is 0 Å². The highest BCUT2D eigenvalue weighted by Gasteiger charge is 2.24. The molecule has 1 unspecified atom stereocenters. The lowest BCUT2D eigenvalue weighted by Crippen LogP contribution is -2.34. The third kappa shape index (κ3) is 4.07. The van der Waals surface area contributed by atoms with E-state index in [0.29, 0.717) is 5.00 Å². The maximum absolute atomic E-state index is 12.1. The summed E-state index contributed by atoms with van der Waals surface area (Å²) in [5.41, 5.74) is 5.70. The van der Waals surface area contributed by atoms with Crippen molar-refractivity contribution in [2.24, 2.45) is 0 Å². The van der Waals surface area contributed by atoms with Gasteiger partial charge in [0.2, 0.25) is 0 Å². The van der Waals surface area contributed by atoms with Crippen molar-refractivity contribution in [3.05, 3.63) is 0 Å². The lowest BCUT2D eigenvalue weighted by atomic mass is 10.3. The summed E-state index contributed by atoms with van der Waals surface area (Å²) in [5.74, 6) is 0.115. The molecule has 0 aliphatic carbocycles. The molecule has 1 aromatic rings. The van der Waals surface area contributed by atoms with Gasteiger partial charge in [-0.05, 0) is 31.5 Å². The van der Waals surface area contributed by atoms with E-state index in [4.69, 9.17) is 5.73 Å². The smallest absolute Gasteiger partial charge is 0.184 e. The van der Waals surface area contributed by atoms with Crippen LogP contribution in [-0.2, 0) is 9.84 Å². The number of nitrogen functional groups attached to an aromatic ring is 1. The van der Waals surface area contributed by atoms with E-state index in [9.17, 15) is 8.42 Å². The van der Waals surface area contributed by atoms with Crippen LogP contribution in [0.25, 0.3) is 0 Å². The van der Waals surface area contributed by atoms with E-state index < -0.39 is 9.84 Å². The van der Waals surface area contributed by atoms with E-state index in [1.54, 1.807) is 6.92 Å². The summed E-state index contributed by atoms with van der Waals surface area (Å²) in [6, 6.07) is 0.126. The second-order valence-corrected chi connectivity index (χ2v) is 7.65. The molecule has 0 aliphatic heterocycles. The number of hydrogen-bond donors (Lipinski definition) is 2. The van der Waals surface area contributed by atoms with Gasteiger partial charge in [-0.3, -0.25) is 0 Å². The van der Waals surface area contributed by atoms with E-state index in [1.807, 2.05) is 6.92 Å². The van der Waals surface area contributed by atoms with Crippen LogP contribution in [0, 0.1) is 0 Å². The zero-order chi connectivity index (χ0) is 15.3. The lowest BCUT2D eigenvalue weighted by molar-refractivity contribution is 0.295. The minimum absolute atomic E-state index is 0.0225. The van der Waals surface area contributed by atoms with Gasteiger partial charge in [0, 0.05) is 12.6 Å². The van der Waals surface area contributed by atoms with E-state index in [-0.39, 0.29) is 22.5 Å². The van der Waals surface area contributed by atoms with E-state index in [2.05, 4.69) is 28.4 Å². The summed E-state index contributed by atoms with van der Waals surface area (Å²) in [6.45, 7) is 10.6. The Morgan fingerprint density at radius 1 is 1.35 bits per heavy atom. The number of nitrogens with one attached hydrogen (secondary N) is 1. The van der Waals surface area contributed by atoms with Gasteiger partial charge >= 0.3 is 0 Å². The molecule has 0 spiro atoms. The molecule has 0 amide bonds. The molecule has 20 heavy (non-hydrogen) atoms. The first-order valence-corrected chi connectivity index (χ1v) is 9.25. The van der Waals surface area contributed by atoms with Gasteiger partial charge in [-0.1, -0.05) is 20.8 Å². The topological polar surface area (TPSA) is 88.3 Å². The first-order valence-electron chi connectivity index (χ1n) is 6.82. The van der Waals surface area contributed by atoms with Gasteiger partial charge in [-0.15, -0.1) is 0 Å². The molecular formula is C12H24N4O2S2. The zero-order valence-electron chi connectivity index (χ0n) is 12.5. The Morgan fingerprint density at radius 3 is 2.45 bits per heavy atom. The molecule has 0 bridgehead atoms. The molecule has 6 nitrogen and oxygen atoms in total. The molecular weight excluding hydrogens is 296 g/mol. The number of likely N-dealkylation sites (N-methyl/N-ethyl adjacent to an activating group) is 1. The van der Waals surface area contributed by atoms with Crippen molar-refractivity contribution in [1.29, 1.82) is 0 Å². The molecule has 0 aliphatic rings. The van der Waals surface area contributed by atoms with Gasteiger partial charge in [0.25, 0.3) is 0 Å². The fourth-order valence-corrected chi connectivity index (χ4v) is 4.24. The molecule has 1 rings (SSSR count). The summed E-state index contributed by atoms with van der Waals surface area (Å²) < 4.78 is 28.1. The molecule has 0 radical (unpaired) electrons. The molecule has 0 fully saturated rings. The third-order valence-corrected chi connectivity index (χ3v) is 5.89. The average Bonchev–Trinajstić information content (AvgIpc) is 2.77. The van der Waals surface area contributed by atoms with Gasteiger partial charge in [0.05, 0.1) is 5.75 Å². The van der Waals surface area contributed by atoms with Gasteiger partial charge in [0.1, 0.15) is 9.90 Å². The molecule has 8 heteroatoms. The summed E-state index contributed by atoms with van der Waals surface area (Å²) in [6.07, 6.45) is 0. The van der Waals surface area contributed by atoms with Crippen LogP contribution in [-0.4, -0.2) is 49.1 Å². The van der Waals surface area contributed by atoms with Crippen molar-refractivity contribution < 1.29 is 8.42 Å². The van der Waals surface area contributed by atoms with Crippen LogP contribution < -0.4 is 11.1 Å². The standard InChI is InChI=1S/C12H24N4O2S2/c1-5-16(6-2)8-9(4)14-12-10(11(13)15-19-12)20(17,18)7-3/h9,14H,5-8H2,1-4H3,(H2,13,15). The molecule has 1 aromatic heterocycles. The van der Waals surface area contributed by atoms with E-state index in [0.717, 1.165) is 31.2 Å². The highest BCUT2D eigenvalue weighted by Crippen LogP contribution is 2.32. The van der Waals surface area contributed by atoms with E-state index in [1.165, 1.54) is 0 Å². The fourth-order valence-electron chi connectivity index (χ4n) is 1.97. The largest absolute Gasteiger partial charge is 0.382 e. The number of aromatic nitrogens is 1. The molecule has 0 saturated carbocycles. The van der Waals surface area contributed by atoms with Crippen LogP contribution in [0.1, 0.15) is 27.7 Å².